The molecule has 0 aliphatic rings. The van der Waals surface area contributed by atoms with Crippen LogP contribution in [-0.2, 0) is 9.59 Å². The second kappa shape index (κ2) is 11.2. The molecular weight excluding hydrogens is 540 g/mol. The molecule has 3 rings (SSSR count). The predicted molar refractivity (Wildman–Crippen MR) is 132 cm³/mol. The standard InChI is InChI=1S/C24H22Br2N2O4/c1-15-3-9-21(19(25)11-15)31-13-23(29)27-17-5-7-18(8-6-17)28-24(30)14-32-22-10-4-16(2)12-20(22)26/h3-12H,13-14H2,1-2H3,(H,27,29)(H,28,30). The Labute approximate surface area is 203 Å². The van der Waals surface area contributed by atoms with Crippen LogP contribution in [0.25, 0.3) is 0 Å². The summed E-state index contributed by atoms with van der Waals surface area (Å²) >= 11 is 6.84. The fraction of sp³-hybridized carbons (Fsp3) is 0.167. The van der Waals surface area contributed by atoms with Gasteiger partial charge >= 0.3 is 0 Å². The van der Waals surface area contributed by atoms with Gasteiger partial charge in [0.2, 0.25) is 0 Å². The molecule has 2 N–H and O–H groups in total. The van der Waals surface area contributed by atoms with Crippen LogP contribution in [0.4, 0.5) is 11.4 Å². The van der Waals surface area contributed by atoms with Crippen LogP contribution in [0.15, 0.2) is 69.6 Å². The summed E-state index contributed by atoms with van der Waals surface area (Å²) in [5.41, 5.74) is 3.38. The molecule has 0 saturated heterocycles. The Morgan fingerprint density at radius 3 is 1.41 bits per heavy atom. The summed E-state index contributed by atoms with van der Waals surface area (Å²) in [6.45, 7) is 3.71. The Bertz CT molecular complexity index is 1030. The number of benzene rings is 3. The third-order valence-electron chi connectivity index (χ3n) is 4.34. The van der Waals surface area contributed by atoms with Gasteiger partial charge in [-0.15, -0.1) is 0 Å². The number of hydrogen-bond donors (Lipinski definition) is 2. The van der Waals surface area contributed by atoms with Crippen LogP contribution in [0, 0.1) is 13.8 Å². The normalized spacial score (nSPS) is 10.4. The van der Waals surface area contributed by atoms with E-state index in [1.807, 2.05) is 50.2 Å². The predicted octanol–water partition coefficient (Wildman–Crippen LogP) is 5.86. The number of amides is 2. The molecule has 32 heavy (non-hydrogen) atoms. The van der Waals surface area contributed by atoms with Gasteiger partial charge in [-0.3, -0.25) is 9.59 Å². The number of hydrogen-bond acceptors (Lipinski definition) is 4. The molecule has 0 aliphatic heterocycles. The van der Waals surface area contributed by atoms with Crippen molar-refractivity contribution in [1.82, 2.24) is 0 Å². The molecule has 0 aromatic heterocycles. The monoisotopic (exact) mass is 560 g/mol. The Kier molecular flexibility index (Phi) is 8.30. The first-order valence-electron chi connectivity index (χ1n) is 9.78. The number of halogens is 2. The number of carbonyl (C=O) groups is 2. The van der Waals surface area contributed by atoms with E-state index < -0.39 is 0 Å². The molecule has 3 aromatic carbocycles. The van der Waals surface area contributed by atoms with Gasteiger partial charge in [0.15, 0.2) is 13.2 Å². The van der Waals surface area contributed by atoms with Gasteiger partial charge in [0.25, 0.3) is 11.8 Å². The van der Waals surface area contributed by atoms with E-state index in [9.17, 15) is 9.59 Å². The van der Waals surface area contributed by atoms with E-state index >= 15 is 0 Å². The average molecular weight is 562 g/mol. The van der Waals surface area contributed by atoms with Crippen LogP contribution in [0.1, 0.15) is 11.1 Å². The molecule has 0 fully saturated rings. The Hall–Kier alpha value is -2.84. The topological polar surface area (TPSA) is 76.7 Å². The van der Waals surface area contributed by atoms with Crippen molar-refractivity contribution in [1.29, 1.82) is 0 Å². The molecule has 0 unspecified atom stereocenters. The van der Waals surface area contributed by atoms with Crippen molar-refractivity contribution >= 4 is 55.0 Å². The van der Waals surface area contributed by atoms with Gasteiger partial charge in [0.05, 0.1) is 8.95 Å². The number of anilines is 2. The lowest BCUT2D eigenvalue weighted by Gasteiger charge is -2.11. The van der Waals surface area contributed by atoms with Crippen molar-refractivity contribution in [3.05, 3.63) is 80.7 Å². The highest BCUT2D eigenvalue weighted by atomic mass is 79.9. The quantitative estimate of drug-likeness (QED) is 0.361. The van der Waals surface area contributed by atoms with Gasteiger partial charge < -0.3 is 20.1 Å². The van der Waals surface area contributed by atoms with Gasteiger partial charge in [-0.1, -0.05) is 12.1 Å². The summed E-state index contributed by atoms with van der Waals surface area (Å²) in [5.74, 6) is 0.630. The zero-order chi connectivity index (χ0) is 23.1. The zero-order valence-corrected chi connectivity index (χ0v) is 20.7. The second-order valence-electron chi connectivity index (χ2n) is 7.12. The van der Waals surface area contributed by atoms with Gasteiger partial charge in [-0.2, -0.15) is 0 Å². The number of ether oxygens (including phenoxy) is 2. The van der Waals surface area contributed by atoms with Crippen molar-refractivity contribution < 1.29 is 19.1 Å². The second-order valence-corrected chi connectivity index (χ2v) is 8.83. The maximum atomic E-state index is 12.2. The minimum atomic E-state index is -0.286. The molecular formula is C24H22Br2N2O4. The lowest BCUT2D eigenvalue weighted by atomic mass is 10.2. The van der Waals surface area contributed by atoms with Crippen LogP contribution in [0.3, 0.4) is 0 Å². The van der Waals surface area contributed by atoms with Gasteiger partial charge in [0, 0.05) is 11.4 Å². The molecule has 0 saturated carbocycles. The fourth-order valence-corrected chi connectivity index (χ4v) is 3.98. The summed E-state index contributed by atoms with van der Waals surface area (Å²) in [6.07, 6.45) is 0. The first kappa shape index (κ1) is 23.8. The van der Waals surface area contributed by atoms with E-state index in [4.69, 9.17) is 9.47 Å². The molecule has 8 heteroatoms. The summed E-state index contributed by atoms with van der Waals surface area (Å²) < 4.78 is 12.7. The first-order valence-corrected chi connectivity index (χ1v) is 11.4. The molecule has 0 atom stereocenters. The Balaban J connectivity index is 1.45. The van der Waals surface area contributed by atoms with E-state index in [2.05, 4.69) is 42.5 Å². The van der Waals surface area contributed by atoms with Gasteiger partial charge in [-0.25, -0.2) is 0 Å². The fourth-order valence-electron chi connectivity index (χ4n) is 2.76. The number of nitrogens with one attached hydrogen (secondary N) is 2. The molecule has 0 spiro atoms. The Morgan fingerprint density at radius 1 is 0.688 bits per heavy atom. The smallest absolute Gasteiger partial charge is 0.262 e. The van der Waals surface area contributed by atoms with Crippen molar-refractivity contribution in [2.24, 2.45) is 0 Å². The summed E-state index contributed by atoms with van der Waals surface area (Å²) in [7, 11) is 0. The van der Waals surface area contributed by atoms with Crippen LogP contribution >= 0.6 is 31.9 Å². The molecule has 0 aliphatic carbocycles. The van der Waals surface area contributed by atoms with E-state index in [1.165, 1.54) is 0 Å². The van der Waals surface area contributed by atoms with Gasteiger partial charge in [-0.05, 0) is 105 Å². The third kappa shape index (κ3) is 7.10. The minimum absolute atomic E-state index is 0.119. The average Bonchev–Trinajstić information content (AvgIpc) is 2.74. The maximum absolute atomic E-state index is 12.2. The minimum Gasteiger partial charge on any atom is -0.483 e. The first-order chi connectivity index (χ1) is 15.3. The summed E-state index contributed by atoms with van der Waals surface area (Å²) in [6, 6.07) is 18.1. The number of rotatable bonds is 8. The molecule has 2 amide bonds. The number of carbonyl (C=O) groups excluding carboxylic acids is 2. The molecule has 0 bridgehead atoms. The van der Waals surface area contributed by atoms with Gasteiger partial charge in [0.1, 0.15) is 11.5 Å². The van der Waals surface area contributed by atoms with E-state index in [-0.39, 0.29) is 25.0 Å². The van der Waals surface area contributed by atoms with Crippen molar-refractivity contribution in [3.8, 4) is 11.5 Å². The van der Waals surface area contributed by atoms with E-state index in [0.717, 1.165) is 20.1 Å². The largest absolute Gasteiger partial charge is 0.483 e. The van der Waals surface area contributed by atoms with Crippen LogP contribution < -0.4 is 20.1 Å². The van der Waals surface area contributed by atoms with Crippen LogP contribution in [-0.4, -0.2) is 25.0 Å². The third-order valence-corrected chi connectivity index (χ3v) is 5.58. The molecule has 0 heterocycles. The number of aryl methyl sites for hydroxylation is 2. The maximum Gasteiger partial charge on any atom is 0.262 e. The Morgan fingerprint density at radius 2 is 1.06 bits per heavy atom. The lowest BCUT2D eigenvalue weighted by molar-refractivity contribution is -0.118. The van der Waals surface area contributed by atoms with Crippen molar-refractivity contribution in [2.75, 3.05) is 23.8 Å². The van der Waals surface area contributed by atoms with Crippen molar-refractivity contribution in [2.45, 2.75) is 13.8 Å². The highest BCUT2D eigenvalue weighted by molar-refractivity contribution is 9.10. The highest BCUT2D eigenvalue weighted by Crippen LogP contribution is 2.26. The summed E-state index contributed by atoms with van der Waals surface area (Å²) in [5, 5.41) is 5.52. The van der Waals surface area contributed by atoms with Crippen molar-refractivity contribution in [3.63, 3.8) is 0 Å². The van der Waals surface area contributed by atoms with Crippen LogP contribution in [0.5, 0.6) is 11.5 Å². The lowest BCUT2D eigenvalue weighted by Crippen LogP contribution is -2.21. The van der Waals surface area contributed by atoms with E-state index in [0.29, 0.717) is 22.9 Å². The summed E-state index contributed by atoms with van der Waals surface area (Å²) in [4.78, 5) is 24.3. The molecule has 0 radical (unpaired) electrons. The molecule has 6 nitrogen and oxygen atoms in total. The zero-order valence-electron chi connectivity index (χ0n) is 17.6. The SMILES string of the molecule is Cc1ccc(OCC(=O)Nc2ccc(NC(=O)COc3ccc(C)cc3Br)cc2)c(Br)c1. The van der Waals surface area contributed by atoms with Crippen LogP contribution in [0.2, 0.25) is 0 Å². The highest BCUT2D eigenvalue weighted by Gasteiger charge is 2.09. The van der Waals surface area contributed by atoms with E-state index in [1.54, 1.807) is 24.3 Å². The molecule has 166 valence electrons. The molecule has 3 aromatic rings.